The fourth-order valence-corrected chi connectivity index (χ4v) is 1.97. The van der Waals surface area contributed by atoms with Gasteiger partial charge in [-0.05, 0) is 65.7 Å². The molecule has 1 atom stereocenters. The first-order valence-electron chi connectivity index (χ1n) is 5.34. The van der Waals surface area contributed by atoms with E-state index in [-0.39, 0.29) is 11.9 Å². The minimum absolute atomic E-state index is 0.0328. The van der Waals surface area contributed by atoms with E-state index in [1.165, 1.54) is 12.1 Å². The molecule has 4 heteroatoms. The Morgan fingerprint density at radius 2 is 2.06 bits per heavy atom. The Bertz CT molecular complexity index is 524. The van der Waals surface area contributed by atoms with Crippen LogP contribution in [0.1, 0.15) is 24.3 Å². The molecular formula is C13H13BrFNO. The molecule has 1 N–H and O–H groups in total. The Balaban J connectivity index is 2.15. The molecule has 2 aromatic rings. The molecule has 0 spiro atoms. The lowest BCUT2D eigenvalue weighted by Gasteiger charge is -2.15. The topological polar surface area (TPSA) is 25.2 Å². The molecule has 0 aliphatic rings. The van der Waals surface area contributed by atoms with Crippen molar-refractivity contribution < 1.29 is 8.81 Å². The number of aryl methyl sites for hydroxylation is 1. The van der Waals surface area contributed by atoms with Crippen LogP contribution in [0.3, 0.4) is 0 Å². The third-order valence-electron chi connectivity index (χ3n) is 2.58. The number of halogens is 2. The Labute approximate surface area is 108 Å². The molecule has 0 amide bonds. The molecule has 1 heterocycles. The van der Waals surface area contributed by atoms with Crippen molar-refractivity contribution in [3.8, 4) is 0 Å². The molecule has 17 heavy (non-hydrogen) atoms. The molecule has 0 bridgehead atoms. The predicted octanol–water partition coefficient (Wildman–Crippen LogP) is 4.66. The molecular weight excluding hydrogens is 285 g/mol. The third kappa shape index (κ3) is 2.88. The summed E-state index contributed by atoms with van der Waals surface area (Å²) >= 11 is 3.27. The monoisotopic (exact) mass is 297 g/mol. The van der Waals surface area contributed by atoms with Gasteiger partial charge in [0.1, 0.15) is 11.6 Å². The van der Waals surface area contributed by atoms with Crippen molar-refractivity contribution in [3.63, 3.8) is 0 Å². The van der Waals surface area contributed by atoms with Crippen LogP contribution in [0.4, 0.5) is 10.1 Å². The average molecular weight is 298 g/mol. The standard InChI is InChI=1S/C13H13BrFNO/c1-8-7-10(15)3-4-11(8)16-9(2)12-5-6-13(14)17-12/h3-7,9,16H,1-2H3. The molecule has 0 fully saturated rings. The first-order chi connectivity index (χ1) is 8.06. The summed E-state index contributed by atoms with van der Waals surface area (Å²) in [5.41, 5.74) is 1.79. The number of hydrogen-bond donors (Lipinski definition) is 1. The fraction of sp³-hybridized carbons (Fsp3) is 0.231. The second kappa shape index (κ2) is 4.92. The summed E-state index contributed by atoms with van der Waals surface area (Å²) in [6.45, 7) is 3.87. The van der Waals surface area contributed by atoms with E-state index in [2.05, 4.69) is 21.2 Å². The fourth-order valence-electron chi connectivity index (χ4n) is 1.65. The van der Waals surface area contributed by atoms with Gasteiger partial charge in [-0.2, -0.15) is 0 Å². The number of rotatable bonds is 3. The predicted molar refractivity (Wildman–Crippen MR) is 69.6 cm³/mol. The minimum atomic E-state index is -0.221. The molecule has 1 unspecified atom stereocenters. The Kier molecular flexibility index (Phi) is 3.52. The van der Waals surface area contributed by atoms with Gasteiger partial charge in [0.05, 0.1) is 6.04 Å². The molecule has 0 saturated carbocycles. The van der Waals surface area contributed by atoms with Crippen LogP contribution in [-0.4, -0.2) is 0 Å². The van der Waals surface area contributed by atoms with Crippen molar-refractivity contribution in [2.45, 2.75) is 19.9 Å². The summed E-state index contributed by atoms with van der Waals surface area (Å²) in [6.07, 6.45) is 0. The van der Waals surface area contributed by atoms with Crippen molar-refractivity contribution in [1.82, 2.24) is 0 Å². The van der Waals surface area contributed by atoms with Gasteiger partial charge in [0, 0.05) is 5.69 Å². The molecule has 1 aromatic carbocycles. The van der Waals surface area contributed by atoms with E-state index >= 15 is 0 Å². The quantitative estimate of drug-likeness (QED) is 0.891. The highest BCUT2D eigenvalue weighted by Crippen LogP contribution is 2.25. The smallest absolute Gasteiger partial charge is 0.169 e. The number of hydrogen-bond acceptors (Lipinski definition) is 2. The van der Waals surface area contributed by atoms with Crippen molar-refractivity contribution in [2.75, 3.05) is 5.32 Å². The van der Waals surface area contributed by atoms with Crippen LogP contribution >= 0.6 is 15.9 Å². The van der Waals surface area contributed by atoms with Gasteiger partial charge < -0.3 is 9.73 Å². The van der Waals surface area contributed by atoms with E-state index in [1.54, 1.807) is 6.07 Å². The second-order valence-electron chi connectivity index (χ2n) is 3.97. The van der Waals surface area contributed by atoms with Gasteiger partial charge in [0.15, 0.2) is 4.67 Å². The number of benzene rings is 1. The zero-order valence-electron chi connectivity index (χ0n) is 9.63. The Morgan fingerprint density at radius 3 is 2.65 bits per heavy atom. The first kappa shape index (κ1) is 12.2. The average Bonchev–Trinajstić information content (AvgIpc) is 2.69. The van der Waals surface area contributed by atoms with Gasteiger partial charge in [-0.1, -0.05) is 0 Å². The Morgan fingerprint density at radius 1 is 1.29 bits per heavy atom. The summed E-state index contributed by atoms with van der Waals surface area (Å²) in [5.74, 6) is 0.613. The van der Waals surface area contributed by atoms with Crippen LogP contribution in [0.25, 0.3) is 0 Å². The van der Waals surface area contributed by atoms with Gasteiger partial charge in [-0.25, -0.2) is 4.39 Å². The number of nitrogens with one attached hydrogen (secondary N) is 1. The van der Waals surface area contributed by atoms with Gasteiger partial charge in [-0.15, -0.1) is 0 Å². The largest absolute Gasteiger partial charge is 0.452 e. The van der Waals surface area contributed by atoms with E-state index in [1.807, 2.05) is 26.0 Å². The van der Waals surface area contributed by atoms with E-state index in [0.717, 1.165) is 17.0 Å². The van der Waals surface area contributed by atoms with Crippen LogP contribution in [0, 0.1) is 12.7 Å². The molecule has 0 saturated heterocycles. The molecule has 1 aromatic heterocycles. The van der Waals surface area contributed by atoms with Crippen molar-refractivity contribution in [2.24, 2.45) is 0 Å². The van der Waals surface area contributed by atoms with Crippen LogP contribution in [0.15, 0.2) is 39.4 Å². The first-order valence-corrected chi connectivity index (χ1v) is 6.13. The Hall–Kier alpha value is -1.29. The summed E-state index contributed by atoms with van der Waals surface area (Å²) in [5, 5.41) is 3.29. The zero-order valence-corrected chi connectivity index (χ0v) is 11.2. The maximum atomic E-state index is 13.0. The van der Waals surface area contributed by atoms with Crippen LogP contribution < -0.4 is 5.32 Å². The summed E-state index contributed by atoms with van der Waals surface area (Å²) in [7, 11) is 0. The van der Waals surface area contributed by atoms with E-state index in [0.29, 0.717) is 4.67 Å². The lowest BCUT2D eigenvalue weighted by molar-refractivity contribution is 0.471. The number of furan rings is 1. The lowest BCUT2D eigenvalue weighted by atomic mass is 10.1. The van der Waals surface area contributed by atoms with E-state index in [9.17, 15) is 4.39 Å². The second-order valence-corrected chi connectivity index (χ2v) is 4.75. The molecule has 0 aliphatic carbocycles. The molecule has 2 rings (SSSR count). The van der Waals surface area contributed by atoms with Crippen LogP contribution in [0.5, 0.6) is 0 Å². The molecule has 0 aliphatic heterocycles. The summed E-state index contributed by atoms with van der Waals surface area (Å²) in [4.78, 5) is 0. The summed E-state index contributed by atoms with van der Waals surface area (Å²) in [6, 6.07) is 8.48. The van der Waals surface area contributed by atoms with Gasteiger partial charge in [0.25, 0.3) is 0 Å². The number of anilines is 1. The SMILES string of the molecule is Cc1cc(F)ccc1NC(C)c1ccc(Br)o1. The highest BCUT2D eigenvalue weighted by atomic mass is 79.9. The van der Waals surface area contributed by atoms with Gasteiger partial charge in [0.2, 0.25) is 0 Å². The van der Waals surface area contributed by atoms with Crippen molar-refractivity contribution >= 4 is 21.6 Å². The van der Waals surface area contributed by atoms with Crippen molar-refractivity contribution in [1.29, 1.82) is 0 Å². The van der Waals surface area contributed by atoms with Crippen LogP contribution in [0.2, 0.25) is 0 Å². The molecule has 0 radical (unpaired) electrons. The highest BCUT2D eigenvalue weighted by Gasteiger charge is 2.10. The lowest BCUT2D eigenvalue weighted by Crippen LogP contribution is -2.06. The molecule has 2 nitrogen and oxygen atoms in total. The molecule has 90 valence electrons. The minimum Gasteiger partial charge on any atom is -0.452 e. The highest BCUT2D eigenvalue weighted by molar-refractivity contribution is 9.10. The van der Waals surface area contributed by atoms with E-state index < -0.39 is 0 Å². The normalized spacial score (nSPS) is 12.5. The van der Waals surface area contributed by atoms with E-state index in [4.69, 9.17) is 4.42 Å². The maximum absolute atomic E-state index is 13.0. The van der Waals surface area contributed by atoms with Gasteiger partial charge in [-0.3, -0.25) is 0 Å². The maximum Gasteiger partial charge on any atom is 0.169 e. The van der Waals surface area contributed by atoms with Crippen molar-refractivity contribution in [3.05, 3.63) is 52.1 Å². The van der Waals surface area contributed by atoms with Crippen LogP contribution in [-0.2, 0) is 0 Å². The summed E-state index contributed by atoms with van der Waals surface area (Å²) < 4.78 is 19.1. The zero-order chi connectivity index (χ0) is 12.4. The van der Waals surface area contributed by atoms with Gasteiger partial charge >= 0.3 is 0 Å². The third-order valence-corrected chi connectivity index (χ3v) is 3.01.